The quantitative estimate of drug-likeness (QED) is 0.858. The SMILES string of the molecule is CNCc1cccc(C(=O)c2c(C)cc(C)cc2C)c1. The third-order valence-corrected chi connectivity index (χ3v) is 3.47. The fourth-order valence-electron chi connectivity index (χ4n) is 2.71. The van der Waals surface area contributed by atoms with Gasteiger partial charge in [-0.1, -0.05) is 35.9 Å². The predicted octanol–water partition coefficient (Wildman–Crippen LogP) is 3.56. The van der Waals surface area contributed by atoms with Gasteiger partial charge in [-0.2, -0.15) is 0 Å². The number of hydrogen-bond donors (Lipinski definition) is 1. The Labute approximate surface area is 120 Å². The third-order valence-electron chi connectivity index (χ3n) is 3.47. The maximum atomic E-state index is 12.7. The van der Waals surface area contributed by atoms with E-state index in [1.54, 1.807) is 0 Å². The van der Waals surface area contributed by atoms with E-state index in [0.29, 0.717) is 0 Å². The minimum absolute atomic E-state index is 0.109. The number of nitrogens with one attached hydrogen (secondary N) is 1. The van der Waals surface area contributed by atoms with E-state index in [4.69, 9.17) is 0 Å². The van der Waals surface area contributed by atoms with E-state index in [2.05, 4.69) is 24.4 Å². The zero-order chi connectivity index (χ0) is 14.7. The van der Waals surface area contributed by atoms with Crippen molar-refractivity contribution in [3.8, 4) is 0 Å². The van der Waals surface area contributed by atoms with Crippen LogP contribution in [0.4, 0.5) is 0 Å². The van der Waals surface area contributed by atoms with Gasteiger partial charge in [0.05, 0.1) is 0 Å². The van der Waals surface area contributed by atoms with Gasteiger partial charge in [0, 0.05) is 17.7 Å². The van der Waals surface area contributed by atoms with Gasteiger partial charge in [-0.15, -0.1) is 0 Å². The van der Waals surface area contributed by atoms with Crippen LogP contribution in [0.25, 0.3) is 0 Å². The Morgan fingerprint density at radius 3 is 2.30 bits per heavy atom. The zero-order valence-corrected chi connectivity index (χ0v) is 12.6. The molecule has 0 bridgehead atoms. The lowest BCUT2D eigenvalue weighted by molar-refractivity contribution is 0.103. The number of aryl methyl sites for hydroxylation is 3. The van der Waals surface area contributed by atoms with Gasteiger partial charge >= 0.3 is 0 Å². The van der Waals surface area contributed by atoms with Crippen LogP contribution in [0.1, 0.15) is 38.2 Å². The molecule has 0 atom stereocenters. The molecular weight excluding hydrogens is 246 g/mol. The van der Waals surface area contributed by atoms with Gasteiger partial charge in [0.25, 0.3) is 0 Å². The number of rotatable bonds is 4. The first kappa shape index (κ1) is 14.5. The molecule has 0 unspecified atom stereocenters. The van der Waals surface area contributed by atoms with Crippen LogP contribution in [0.5, 0.6) is 0 Å². The molecule has 0 aromatic heterocycles. The van der Waals surface area contributed by atoms with E-state index < -0.39 is 0 Å². The highest BCUT2D eigenvalue weighted by Crippen LogP contribution is 2.20. The van der Waals surface area contributed by atoms with Crippen LogP contribution in [0.15, 0.2) is 36.4 Å². The molecule has 0 fully saturated rings. The summed E-state index contributed by atoms with van der Waals surface area (Å²) >= 11 is 0. The van der Waals surface area contributed by atoms with Gasteiger partial charge in [0.15, 0.2) is 5.78 Å². The standard InChI is InChI=1S/C18H21NO/c1-12-8-13(2)17(14(3)9-12)18(20)16-7-5-6-15(10-16)11-19-4/h5-10,19H,11H2,1-4H3. The second kappa shape index (κ2) is 6.02. The van der Waals surface area contributed by atoms with Crippen molar-refractivity contribution in [1.82, 2.24) is 5.32 Å². The molecule has 0 amide bonds. The molecule has 0 saturated heterocycles. The summed E-state index contributed by atoms with van der Waals surface area (Å²) in [5.74, 6) is 0.109. The van der Waals surface area contributed by atoms with Crippen LogP contribution in [-0.4, -0.2) is 12.8 Å². The molecule has 104 valence electrons. The van der Waals surface area contributed by atoms with Gasteiger partial charge < -0.3 is 5.32 Å². The molecule has 20 heavy (non-hydrogen) atoms. The summed E-state index contributed by atoms with van der Waals surface area (Å²) in [6, 6.07) is 12.0. The van der Waals surface area contributed by atoms with Crippen LogP contribution in [0, 0.1) is 20.8 Å². The fraction of sp³-hybridized carbons (Fsp3) is 0.278. The maximum absolute atomic E-state index is 12.7. The van der Waals surface area contributed by atoms with E-state index in [1.807, 2.05) is 45.2 Å². The lowest BCUT2D eigenvalue weighted by atomic mass is 9.92. The van der Waals surface area contributed by atoms with E-state index in [0.717, 1.165) is 34.4 Å². The fourth-order valence-corrected chi connectivity index (χ4v) is 2.71. The zero-order valence-electron chi connectivity index (χ0n) is 12.6. The molecule has 1 N–H and O–H groups in total. The molecule has 0 aliphatic heterocycles. The third kappa shape index (κ3) is 2.97. The molecule has 2 rings (SSSR count). The van der Waals surface area contributed by atoms with Crippen LogP contribution in [0.2, 0.25) is 0 Å². The van der Waals surface area contributed by atoms with Crippen molar-refractivity contribution >= 4 is 5.78 Å². The Kier molecular flexibility index (Phi) is 4.35. The molecule has 2 heteroatoms. The van der Waals surface area contributed by atoms with Crippen LogP contribution in [0.3, 0.4) is 0 Å². The summed E-state index contributed by atoms with van der Waals surface area (Å²) in [7, 11) is 1.91. The van der Waals surface area contributed by atoms with Gasteiger partial charge in [-0.3, -0.25) is 4.79 Å². The Balaban J connectivity index is 2.44. The minimum Gasteiger partial charge on any atom is -0.316 e. The van der Waals surface area contributed by atoms with Gasteiger partial charge in [0.1, 0.15) is 0 Å². The van der Waals surface area contributed by atoms with Gasteiger partial charge in [-0.05, 0) is 50.6 Å². The maximum Gasteiger partial charge on any atom is 0.193 e. The average Bonchev–Trinajstić information content (AvgIpc) is 2.38. The number of ketones is 1. The van der Waals surface area contributed by atoms with Crippen LogP contribution >= 0.6 is 0 Å². The second-order valence-corrected chi connectivity index (χ2v) is 5.33. The van der Waals surface area contributed by atoms with Crippen molar-refractivity contribution in [2.24, 2.45) is 0 Å². The largest absolute Gasteiger partial charge is 0.316 e. The summed E-state index contributed by atoms with van der Waals surface area (Å²) < 4.78 is 0. The molecule has 0 heterocycles. The second-order valence-electron chi connectivity index (χ2n) is 5.33. The van der Waals surface area contributed by atoms with Crippen molar-refractivity contribution < 1.29 is 4.79 Å². The molecule has 2 nitrogen and oxygen atoms in total. The summed E-state index contributed by atoms with van der Waals surface area (Å²) in [5, 5.41) is 3.11. The monoisotopic (exact) mass is 267 g/mol. The van der Waals surface area contributed by atoms with E-state index in [9.17, 15) is 4.79 Å². The molecule has 0 spiro atoms. The average molecular weight is 267 g/mol. The first-order valence-corrected chi connectivity index (χ1v) is 6.89. The Hall–Kier alpha value is -1.93. The van der Waals surface area contributed by atoms with E-state index in [-0.39, 0.29) is 5.78 Å². The number of carbonyl (C=O) groups is 1. The predicted molar refractivity (Wildman–Crippen MR) is 83.3 cm³/mol. The van der Waals surface area contributed by atoms with Crippen molar-refractivity contribution in [3.05, 3.63) is 69.8 Å². The minimum atomic E-state index is 0.109. The highest BCUT2D eigenvalue weighted by molar-refractivity contribution is 6.10. The van der Waals surface area contributed by atoms with Crippen molar-refractivity contribution in [3.63, 3.8) is 0 Å². The lowest BCUT2D eigenvalue weighted by Gasteiger charge is -2.11. The molecular formula is C18H21NO. The topological polar surface area (TPSA) is 29.1 Å². The Morgan fingerprint density at radius 1 is 1.05 bits per heavy atom. The normalized spacial score (nSPS) is 10.6. The smallest absolute Gasteiger partial charge is 0.193 e. The highest BCUT2D eigenvalue weighted by Gasteiger charge is 2.15. The molecule has 2 aromatic carbocycles. The van der Waals surface area contributed by atoms with Crippen molar-refractivity contribution in [2.45, 2.75) is 27.3 Å². The van der Waals surface area contributed by atoms with E-state index >= 15 is 0 Å². The van der Waals surface area contributed by atoms with Gasteiger partial charge in [0.2, 0.25) is 0 Å². The first-order chi connectivity index (χ1) is 9.52. The number of benzene rings is 2. The van der Waals surface area contributed by atoms with Crippen LogP contribution < -0.4 is 5.32 Å². The first-order valence-electron chi connectivity index (χ1n) is 6.89. The number of carbonyl (C=O) groups excluding carboxylic acids is 1. The summed E-state index contributed by atoms with van der Waals surface area (Å²) in [5.41, 5.74) is 6.00. The lowest BCUT2D eigenvalue weighted by Crippen LogP contribution is -2.09. The van der Waals surface area contributed by atoms with Crippen molar-refractivity contribution in [1.29, 1.82) is 0 Å². The Bertz CT molecular complexity index is 621. The molecule has 0 radical (unpaired) electrons. The summed E-state index contributed by atoms with van der Waals surface area (Å²) in [6.07, 6.45) is 0. The molecule has 0 saturated carbocycles. The molecule has 0 aliphatic carbocycles. The van der Waals surface area contributed by atoms with Gasteiger partial charge in [-0.25, -0.2) is 0 Å². The summed E-state index contributed by atoms with van der Waals surface area (Å²) in [4.78, 5) is 12.7. The van der Waals surface area contributed by atoms with E-state index in [1.165, 1.54) is 5.56 Å². The molecule has 0 aliphatic rings. The molecule has 2 aromatic rings. The summed E-state index contributed by atoms with van der Waals surface area (Å²) in [6.45, 7) is 6.84. The van der Waals surface area contributed by atoms with Crippen LogP contribution in [-0.2, 0) is 6.54 Å². The van der Waals surface area contributed by atoms with Crippen molar-refractivity contribution in [2.75, 3.05) is 7.05 Å². The highest BCUT2D eigenvalue weighted by atomic mass is 16.1. The Morgan fingerprint density at radius 2 is 1.70 bits per heavy atom. The number of hydrogen-bond acceptors (Lipinski definition) is 2.